The number of hydrogen-bond donors (Lipinski definition) is 3. The Hall–Kier alpha value is -0.610. The zero-order chi connectivity index (χ0) is 14.9. The van der Waals surface area contributed by atoms with Crippen molar-refractivity contribution in [1.29, 1.82) is 0 Å². The van der Waals surface area contributed by atoms with Crippen LogP contribution in [0.3, 0.4) is 0 Å². The Morgan fingerprint density at radius 3 is 2.05 bits per heavy atom. The Kier molecular flexibility index (Phi) is 4.68. The second kappa shape index (κ2) is 5.41. The van der Waals surface area contributed by atoms with Crippen LogP contribution in [0.2, 0.25) is 0 Å². The zero-order valence-electron chi connectivity index (χ0n) is 13.6. The van der Waals surface area contributed by atoms with Gasteiger partial charge in [0.2, 0.25) is 5.91 Å². The largest absolute Gasteiger partial charge is 0.352 e. The first-order valence-corrected chi connectivity index (χ1v) is 7.22. The van der Waals surface area contributed by atoms with E-state index in [9.17, 15) is 4.79 Å². The Morgan fingerprint density at radius 1 is 1.16 bits per heavy atom. The molecule has 0 aromatic heterocycles. The molecule has 0 aromatic rings. The second-order valence-electron chi connectivity index (χ2n) is 8.17. The van der Waals surface area contributed by atoms with Gasteiger partial charge in [-0.2, -0.15) is 0 Å². The molecule has 112 valence electrons. The van der Waals surface area contributed by atoms with Crippen molar-refractivity contribution >= 4 is 5.91 Å². The summed E-state index contributed by atoms with van der Waals surface area (Å²) < 4.78 is 0. The maximum absolute atomic E-state index is 12.0. The topological polar surface area (TPSA) is 53.2 Å². The minimum Gasteiger partial charge on any atom is -0.352 e. The molecule has 3 N–H and O–H groups in total. The van der Waals surface area contributed by atoms with E-state index in [2.05, 4.69) is 64.4 Å². The molecule has 0 radical (unpaired) electrons. The first kappa shape index (κ1) is 16.4. The van der Waals surface area contributed by atoms with Crippen molar-refractivity contribution in [1.82, 2.24) is 16.0 Å². The molecule has 0 bridgehead atoms. The Balaban J connectivity index is 2.50. The minimum atomic E-state index is -0.0238. The van der Waals surface area contributed by atoms with E-state index >= 15 is 0 Å². The van der Waals surface area contributed by atoms with Crippen LogP contribution < -0.4 is 16.0 Å². The molecule has 0 atom stereocenters. The SMILES string of the molecule is CC(C)(C)NCC(=O)NC1CC(C)(C)NC(C)(C)C1. The molecule has 1 saturated heterocycles. The Morgan fingerprint density at radius 2 is 1.63 bits per heavy atom. The molecule has 0 aromatic carbocycles. The first-order valence-electron chi connectivity index (χ1n) is 7.22. The van der Waals surface area contributed by atoms with Gasteiger partial charge in [-0.3, -0.25) is 4.79 Å². The average molecular weight is 269 g/mol. The van der Waals surface area contributed by atoms with E-state index in [0.29, 0.717) is 6.54 Å². The molecule has 0 saturated carbocycles. The second-order valence-corrected chi connectivity index (χ2v) is 8.17. The highest BCUT2D eigenvalue weighted by molar-refractivity contribution is 5.78. The third-order valence-corrected chi connectivity index (χ3v) is 3.33. The molecule has 1 heterocycles. The molecule has 1 rings (SSSR count). The van der Waals surface area contributed by atoms with Gasteiger partial charge in [0, 0.05) is 22.7 Å². The molecular weight excluding hydrogens is 238 g/mol. The van der Waals surface area contributed by atoms with Crippen molar-refractivity contribution in [2.45, 2.75) is 84.0 Å². The van der Waals surface area contributed by atoms with Crippen molar-refractivity contribution < 1.29 is 4.79 Å². The normalized spacial score (nSPS) is 23.1. The highest BCUT2D eigenvalue weighted by Gasteiger charge is 2.38. The van der Waals surface area contributed by atoms with Crippen LogP contribution in [0.15, 0.2) is 0 Å². The van der Waals surface area contributed by atoms with Gasteiger partial charge in [-0.1, -0.05) is 0 Å². The predicted molar refractivity (Wildman–Crippen MR) is 80.2 cm³/mol. The quantitative estimate of drug-likeness (QED) is 0.732. The molecular formula is C15H31N3O. The number of carbonyl (C=O) groups excluding carboxylic acids is 1. The van der Waals surface area contributed by atoms with Crippen LogP contribution >= 0.6 is 0 Å². The van der Waals surface area contributed by atoms with E-state index in [1.165, 1.54) is 0 Å². The first-order chi connectivity index (χ1) is 8.39. The standard InChI is InChI=1S/C15H31N3O/c1-13(2,3)16-10-12(19)17-11-8-14(4,5)18-15(6,7)9-11/h11,16,18H,8-10H2,1-7H3,(H,17,19). The summed E-state index contributed by atoms with van der Waals surface area (Å²) >= 11 is 0. The molecule has 0 spiro atoms. The summed E-state index contributed by atoms with van der Waals surface area (Å²) in [4.78, 5) is 12.0. The molecule has 1 amide bonds. The monoisotopic (exact) mass is 269 g/mol. The van der Waals surface area contributed by atoms with Gasteiger partial charge in [0.05, 0.1) is 6.54 Å². The van der Waals surface area contributed by atoms with Crippen LogP contribution in [-0.4, -0.2) is 35.1 Å². The number of piperidine rings is 1. The highest BCUT2D eigenvalue weighted by Crippen LogP contribution is 2.28. The number of nitrogens with one attached hydrogen (secondary N) is 3. The Bertz CT molecular complexity index is 313. The predicted octanol–water partition coefficient (Wildman–Crippen LogP) is 1.80. The lowest BCUT2D eigenvalue weighted by Crippen LogP contribution is -2.62. The molecule has 19 heavy (non-hydrogen) atoms. The maximum Gasteiger partial charge on any atom is 0.234 e. The summed E-state index contributed by atoms with van der Waals surface area (Å²) in [5.41, 5.74) is 0.109. The molecule has 0 unspecified atom stereocenters. The fourth-order valence-electron chi connectivity index (χ4n) is 3.05. The van der Waals surface area contributed by atoms with Crippen molar-refractivity contribution in [2.24, 2.45) is 0 Å². The minimum absolute atomic E-state index is 0.0238. The number of hydrogen-bond acceptors (Lipinski definition) is 3. The third-order valence-electron chi connectivity index (χ3n) is 3.33. The summed E-state index contributed by atoms with van der Waals surface area (Å²) in [6.07, 6.45) is 1.94. The van der Waals surface area contributed by atoms with E-state index in [-0.39, 0.29) is 28.6 Å². The number of carbonyl (C=O) groups is 1. The fourth-order valence-corrected chi connectivity index (χ4v) is 3.05. The van der Waals surface area contributed by atoms with Crippen molar-refractivity contribution in [3.05, 3.63) is 0 Å². The molecule has 1 aliphatic heterocycles. The van der Waals surface area contributed by atoms with E-state index in [4.69, 9.17) is 0 Å². The van der Waals surface area contributed by atoms with Gasteiger partial charge < -0.3 is 16.0 Å². The lowest BCUT2D eigenvalue weighted by atomic mass is 9.79. The summed E-state index contributed by atoms with van der Waals surface area (Å²) in [5.74, 6) is 0.0911. The van der Waals surface area contributed by atoms with Gasteiger partial charge in [0.25, 0.3) is 0 Å². The van der Waals surface area contributed by atoms with Crippen LogP contribution in [0, 0.1) is 0 Å². The van der Waals surface area contributed by atoms with Crippen LogP contribution in [0.4, 0.5) is 0 Å². The van der Waals surface area contributed by atoms with Gasteiger partial charge >= 0.3 is 0 Å². The van der Waals surface area contributed by atoms with Crippen molar-refractivity contribution in [2.75, 3.05) is 6.54 Å². The fraction of sp³-hybridized carbons (Fsp3) is 0.933. The lowest BCUT2D eigenvalue weighted by molar-refractivity contribution is -0.121. The van der Waals surface area contributed by atoms with E-state index in [0.717, 1.165) is 12.8 Å². The van der Waals surface area contributed by atoms with Gasteiger partial charge in [-0.25, -0.2) is 0 Å². The lowest BCUT2D eigenvalue weighted by Gasteiger charge is -2.46. The number of amides is 1. The number of rotatable bonds is 3. The average Bonchev–Trinajstić information content (AvgIpc) is 2.07. The van der Waals surface area contributed by atoms with Crippen LogP contribution in [0.5, 0.6) is 0 Å². The third kappa shape index (κ3) is 6.39. The van der Waals surface area contributed by atoms with E-state index in [1.807, 2.05) is 0 Å². The van der Waals surface area contributed by atoms with E-state index in [1.54, 1.807) is 0 Å². The molecule has 4 heteroatoms. The van der Waals surface area contributed by atoms with Crippen LogP contribution in [-0.2, 0) is 4.79 Å². The molecule has 1 aliphatic rings. The Labute approximate surface area is 118 Å². The van der Waals surface area contributed by atoms with Crippen LogP contribution in [0.25, 0.3) is 0 Å². The van der Waals surface area contributed by atoms with Gasteiger partial charge in [0.1, 0.15) is 0 Å². The summed E-state index contributed by atoms with van der Waals surface area (Å²) in [6, 6.07) is 0.250. The smallest absolute Gasteiger partial charge is 0.234 e. The molecule has 0 aliphatic carbocycles. The summed E-state index contributed by atoms with van der Waals surface area (Å²) in [7, 11) is 0. The summed E-state index contributed by atoms with van der Waals surface area (Å²) in [6.45, 7) is 15.4. The highest BCUT2D eigenvalue weighted by atomic mass is 16.2. The maximum atomic E-state index is 12.0. The zero-order valence-corrected chi connectivity index (χ0v) is 13.6. The molecule has 1 fully saturated rings. The van der Waals surface area contributed by atoms with Crippen molar-refractivity contribution in [3.8, 4) is 0 Å². The van der Waals surface area contributed by atoms with Gasteiger partial charge in [0.15, 0.2) is 0 Å². The van der Waals surface area contributed by atoms with E-state index < -0.39 is 0 Å². The summed E-state index contributed by atoms with van der Waals surface area (Å²) in [5, 5.41) is 10.0. The van der Waals surface area contributed by atoms with Gasteiger partial charge in [-0.15, -0.1) is 0 Å². The molecule has 4 nitrogen and oxygen atoms in total. The van der Waals surface area contributed by atoms with Crippen LogP contribution in [0.1, 0.15) is 61.3 Å². The van der Waals surface area contributed by atoms with Gasteiger partial charge in [-0.05, 0) is 61.3 Å². The van der Waals surface area contributed by atoms with Crippen molar-refractivity contribution in [3.63, 3.8) is 0 Å².